The molecule has 0 aliphatic rings. The Balaban J connectivity index is 2.05. The molecule has 0 aliphatic carbocycles. The van der Waals surface area contributed by atoms with Gasteiger partial charge in [0.15, 0.2) is 0 Å². The average Bonchev–Trinajstić information content (AvgIpc) is 3.05. The smallest absolute Gasteiger partial charge is 0.220 e. The molecule has 0 saturated heterocycles. The van der Waals surface area contributed by atoms with E-state index in [2.05, 4.69) is 17.4 Å². The number of carbonyl (C=O) groups is 1. The third-order valence-electron chi connectivity index (χ3n) is 2.79. The molecule has 2 aromatic rings. The van der Waals surface area contributed by atoms with Crippen LogP contribution < -0.4 is 11.1 Å². The van der Waals surface area contributed by atoms with Crippen LogP contribution in [0.4, 0.5) is 0 Å². The van der Waals surface area contributed by atoms with Crippen LogP contribution >= 0.6 is 22.7 Å². The molecule has 3 N–H and O–H groups in total. The van der Waals surface area contributed by atoms with Crippen LogP contribution in [-0.2, 0) is 4.79 Å². The lowest BCUT2D eigenvalue weighted by atomic mass is 10.1. The fourth-order valence-corrected chi connectivity index (χ4v) is 3.45. The molecule has 2 heterocycles. The summed E-state index contributed by atoms with van der Waals surface area (Å²) in [4.78, 5) is 14.3. The largest absolute Gasteiger partial charge is 0.344 e. The Morgan fingerprint density at radius 3 is 2.26 bits per heavy atom. The van der Waals surface area contributed by atoms with Crippen LogP contribution in [0.25, 0.3) is 0 Å². The van der Waals surface area contributed by atoms with Crippen molar-refractivity contribution < 1.29 is 4.79 Å². The van der Waals surface area contributed by atoms with Crippen LogP contribution in [0.2, 0.25) is 0 Å². The molecular weight excluding hydrogens is 276 g/mol. The van der Waals surface area contributed by atoms with Crippen LogP contribution in [0.3, 0.4) is 0 Å². The molecule has 102 valence electrons. The minimum absolute atomic E-state index is 0.0272. The van der Waals surface area contributed by atoms with Gasteiger partial charge in [-0.15, -0.1) is 22.7 Å². The van der Waals surface area contributed by atoms with E-state index in [1.807, 2.05) is 29.8 Å². The van der Waals surface area contributed by atoms with Gasteiger partial charge >= 0.3 is 0 Å². The zero-order valence-electron chi connectivity index (χ0n) is 10.8. The maximum Gasteiger partial charge on any atom is 0.220 e. The summed E-state index contributed by atoms with van der Waals surface area (Å²) in [6, 6.07) is 8.17. The van der Waals surface area contributed by atoms with E-state index in [9.17, 15) is 4.79 Å². The van der Waals surface area contributed by atoms with Gasteiger partial charge in [-0.3, -0.25) is 4.79 Å². The van der Waals surface area contributed by atoms with Crippen molar-refractivity contribution in [2.75, 3.05) is 0 Å². The number of amides is 1. The maximum absolute atomic E-state index is 12.0. The van der Waals surface area contributed by atoms with Crippen LogP contribution in [0.5, 0.6) is 0 Å². The van der Waals surface area contributed by atoms with Crippen molar-refractivity contribution in [1.82, 2.24) is 5.32 Å². The Labute approximate surface area is 121 Å². The highest BCUT2D eigenvalue weighted by Crippen LogP contribution is 2.29. The number of rotatable bonds is 6. The highest BCUT2D eigenvalue weighted by atomic mass is 32.1. The van der Waals surface area contributed by atoms with E-state index in [4.69, 9.17) is 5.73 Å². The Bertz CT molecular complexity index is 457. The average molecular weight is 294 g/mol. The van der Waals surface area contributed by atoms with Crippen LogP contribution in [0, 0.1) is 0 Å². The normalized spacial score (nSPS) is 12.6. The quantitative estimate of drug-likeness (QED) is 0.860. The second-order valence-corrected chi connectivity index (χ2v) is 6.51. The Morgan fingerprint density at radius 2 is 1.84 bits per heavy atom. The van der Waals surface area contributed by atoms with Gasteiger partial charge in [-0.05, 0) is 36.2 Å². The van der Waals surface area contributed by atoms with Gasteiger partial charge in [0.05, 0.1) is 6.04 Å². The fraction of sp³-hybridized carbons (Fsp3) is 0.357. The summed E-state index contributed by atoms with van der Waals surface area (Å²) < 4.78 is 0. The van der Waals surface area contributed by atoms with E-state index >= 15 is 0 Å². The van der Waals surface area contributed by atoms with Gasteiger partial charge in [0.25, 0.3) is 0 Å². The van der Waals surface area contributed by atoms with Crippen molar-refractivity contribution >= 4 is 28.6 Å². The predicted octanol–water partition coefficient (Wildman–Crippen LogP) is 3.14. The van der Waals surface area contributed by atoms with E-state index in [0.717, 1.165) is 9.75 Å². The van der Waals surface area contributed by atoms with Gasteiger partial charge < -0.3 is 11.1 Å². The minimum Gasteiger partial charge on any atom is -0.344 e. The zero-order valence-corrected chi connectivity index (χ0v) is 12.5. The van der Waals surface area contributed by atoms with Gasteiger partial charge in [-0.25, -0.2) is 0 Å². The number of thiophene rings is 2. The molecule has 1 unspecified atom stereocenters. The monoisotopic (exact) mass is 294 g/mol. The standard InChI is InChI=1S/C14H18N2OS2/c1-10(15)6-7-13(17)16-14(11-4-2-8-18-11)12-5-3-9-19-12/h2-5,8-10,14H,6-7,15H2,1H3,(H,16,17). The molecule has 3 nitrogen and oxygen atoms in total. The Kier molecular flexibility index (Phi) is 5.13. The fourth-order valence-electron chi connectivity index (χ4n) is 1.79. The molecule has 0 bridgehead atoms. The van der Waals surface area contributed by atoms with Crippen molar-refractivity contribution in [3.05, 3.63) is 44.8 Å². The van der Waals surface area contributed by atoms with Gasteiger partial charge in [-0.2, -0.15) is 0 Å². The van der Waals surface area contributed by atoms with Crippen LogP contribution in [0.1, 0.15) is 35.6 Å². The second-order valence-electron chi connectivity index (χ2n) is 4.55. The van der Waals surface area contributed by atoms with Crippen molar-refractivity contribution in [3.63, 3.8) is 0 Å². The molecule has 19 heavy (non-hydrogen) atoms. The summed E-state index contributed by atoms with van der Waals surface area (Å²) in [6.45, 7) is 1.92. The van der Waals surface area contributed by atoms with Gasteiger partial charge in [0, 0.05) is 22.2 Å². The molecule has 2 aromatic heterocycles. The maximum atomic E-state index is 12.0. The summed E-state index contributed by atoms with van der Waals surface area (Å²) in [7, 11) is 0. The summed E-state index contributed by atoms with van der Waals surface area (Å²) >= 11 is 3.33. The number of hydrogen-bond acceptors (Lipinski definition) is 4. The van der Waals surface area contributed by atoms with E-state index in [-0.39, 0.29) is 18.0 Å². The number of carbonyl (C=O) groups excluding carboxylic acids is 1. The zero-order chi connectivity index (χ0) is 13.7. The molecule has 0 fully saturated rings. The third kappa shape index (κ3) is 4.16. The molecule has 0 aromatic carbocycles. The first-order chi connectivity index (χ1) is 9.16. The first kappa shape index (κ1) is 14.2. The SMILES string of the molecule is CC(N)CCC(=O)NC(c1cccs1)c1cccs1. The number of nitrogens with one attached hydrogen (secondary N) is 1. The van der Waals surface area contributed by atoms with Gasteiger partial charge in [0.2, 0.25) is 5.91 Å². The summed E-state index contributed by atoms with van der Waals surface area (Å²) in [5, 5.41) is 7.17. The third-order valence-corrected chi connectivity index (χ3v) is 4.66. The van der Waals surface area contributed by atoms with E-state index in [0.29, 0.717) is 12.8 Å². The highest BCUT2D eigenvalue weighted by molar-refractivity contribution is 7.11. The summed E-state index contributed by atoms with van der Waals surface area (Å²) in [5.74, 6) is 0.0594. The summed E-state index contributed by atoms with van der Waals surface area (Å²) in [6.07, 6.45) is 1.19. The number of nitrogens with two attached hydrogens (primary N) is 1. The molecular formula is C14H18N2OS2. The minimum atomic E-state index is -0.0272. The van der Waals surface area contributed by atoms with E-state index < -0.39 is 0 Å². The second kappa shape index (κ2) is 6.84. The highest BCUT2D eigenvalue weighted by Gasteiger charge is 2.18. The molecule has 1 atom stereocenters. The molecule has 2 rings (SSSR count). The first-order valence-corrected chi connectivity index (χ1v) is 8.04. The lowest BCUT2D eigenvalue weighted by Gasteiger charge is -2.16. The van der Waals surface area contributed by atoms with Gasteiger partial charge in [-0.1, -0.05) is 12.1 Å². The van der Waals surface area contributed by atoms with Crippen molar-refractivity contribution in [3.8, 4) is 0 Å². The first-order valence-electron chi connectivity index (χ1n) is 6.28. The molecule has 0 aliphatic heterocycles. The van der Waals surface area contributed by atoms with Crippen LogP contribution in [-0.4, -0.2) is 11.9 Å². The molecule has 5 heteroatoms. The van der Waals surface area contributed by atoms with E-state index in [1.54, 1.807) is 22.7 Å². The Hall–Kier alpha value is -1.17. The van der Waals surface area contributed by atoms with Crippen molar-refractivity contribution in [1.29, 1.82) is 0 Å². The lowest BCUT2D eigenvalue weighted by Crippen LogP contribution is -2.29. The van der Waals surface area contributed by atoms with Crippen molar-refractivity contribution in [2.45, 2.75) is 31.8 Å². The molecule has 0 saturated carbocycles. The van der Waals surface area contributed by atoms with Gasteiger partial charge in [0.1, 0.15) is 0 Å². The van der Waals surface area contributed by atoms with Crippen molar-refractivity contribution in [2.24, 2.45) is 5.73 Å². The lowest BCUT2D eigenvalue weighted by molar-refractivity contribution is -0.121. The van der Waals surface area contributed by atoms with Crippen LogP contribution in [0.15, 0.2) is 35.0 Å². The molecule has 0 spiro atoms. The topological polar surface area (TPSA) is 55.1 Å². The number of hydrogen-bond donors (Lipinski definition) is 2. The molecule has 1 amide bonds. The van der Waals surface area contributed by atoms with E-state index in [1.165, 1.54) is 0 Å². The Morgan fingerprint density at radius 1 is 1.26 bits per heavy atom. The predicted molar refractivity (Wildman–Crippen MR) is 81.5 cm³/mol. The summed E-state index contributed by atoms with van der Waals surface area (Å²) in [5.41, 5.74) is 5.68. The molecule has 0 radical (unpaired) electrons.